The number of benzene rings is 2. The molecule has 2 aromatic carbocycles. The fourth-order valence-corrected chi connectivity index (χ4v) is 2.91. The average molecular weight is 296 g/mol. The normalized spacial score (nSPS) is 15.2. The summed E-state index contributed by atoms with van der Waals surface area (Å²) in [4.78, 5) is 14.2. The van der Waals surface area contributed by atoms with Crippen LogP contribution < -0.4 is 5.73 Å². The van der Waals surface area contributed by atoms with Crippen LogP contribution >= 0.6 is 0 Å². The number of amides is 1. The minimum atomic E-state index is -0.292. The maximum atomic E-state index is 12.5. The third-order valence-electron chi connectivity index (χ3n) is 4.22. The van der Waals surface area contributed by atoms with Crippen LogP contribution in [-0.2, 0) is 17.8 Å². The van der Waals surface area contributed by atoms with Gasteiger partial charge in [-0.15, -0.1) is 0 Å². The average Bonchev–Trinajstić information content (AvgIpc) is 2.55. The van der Waals surface area contributed by atoms with Crippen molar-refractivity contribution >= 4 is 5.91 Å². The second kappa shape index (κ2) is 6.20. The third kappa shape index (κ3) is 2.97. The van der Waals surface area contributed by atoms with E-state index in [1.54, 1.807) is 11.0 Å². The highest BCUT2D eigenvalue weighted by Crippen LogP contribution is 2.28. The summed E-state index contributed by atoms with van der Waals surface area (Å²) in [6.07, 6.45) is 1.06. The third-order valence-corrected chi connectivity index (χ3v) is 4.22. The van der Waals surface area contributed by atoms with Gasteiger partial charge in [0, 0.05) is 31.1 Å². The molecule has 0 aromatic heterocycles. The molecule has 1 aliphatic rings. The number of nitrogens with zero attached hydrogens (tertiary/aromatic N) is 1. The van der Waals surface area contributed by atoms with Gasteiger partial charge in [-0.25, -0.2) is 0 Å². The van der Waals surface area contributed by atoms with Crippen molar-refractivity contribution in [2.24, 2.45) is 5.73 Å². The van der Waals surface area contributed by atoms with Gasteiger partial charge >= 0.3 is 0 Å². The molecule has 0 fully saturated rings. The van der Waals surface area contributed by atoms with E-state index < -0.39 is 0 Å². The summed E-state index contributed by atoms with van der Waals surface area (Å²) >= 11 is 0. The highest BCUT2D eigenvalue weighted by molar-refractivity contribution is 5.77. The zero-order valence-corrected chi connectivity index (χ0v) is 12.4. The summed E-state index contributed by atoms with van der Waals surface area (Å²) in [6, 6.07) is 14.9. The second-order valence-electron chi connectivity index (χ2n) is 5.70. The molecule has 1 amide bonds. The number of fused-ring (bicyclic) bond motifs is 1. The van der Waals surface area contributed by atoms with E-state index in [0.29, 0.717) is 13.1 Å². The first-order valence-corrected chi connectivity index (χ1v) is 7.53. The number of carbonyl (C=O) groups is 1. The van der Waals surface area contributed by atoms with Crippen LogP contribution in [0.4, 0.5) is 0 Å². The molecule has 1 atom stereocenters. The maximum absolute atomic E-state index is 12.5. The van der Waals surface area contributed by atoms with Gasteiger partial charge in [-0.3, -0.25) is 4.79 Å². The van der Waals surface area contributed by atoms with Gasteiger partial charge in [-0.2, -0.15) is 0 Å². The SMILES string of the molecule is NC(CC(=O)N1CCc2cccc(O)c2C1)c1ccccc1. The molecule has 1 heterocycles. The van der Waals surface area contributed by atoms with Crippen LogP contribution in [0.1, 0.15) is 29.2 Å². The summed E-state index contributed by atoms with van der Waals surface area (Å²) in [7, 11) is 0. The Kier molecular flexibility index (Phi) is 4.11. The topological polar surface area (TPSA) is 66.6 Å². The number of carbonyl (C=O) groups excluding carboxylic acids is 1. The van der Waals surface area contributed by atoms with Crippen LogP contribution in [0.2, 0.25) is 0 Å². The van der Waals surface area contributed by atoms with Gasteiger partial charge in [0.2, 0.25) is 5.91 Å². The molecule has 0 spiro atoms. The van der Waals surface area contributed by atoms with Crippen LogP contribution in [0.5, 0.6) is 5.75 Å². The second-order valence-corrected chi connectivity index (χ2v) is 5.70. The van der Waals surface area contributed by atoms with Gasteiger partial charge in [0.25, 0.3) is 0 Å². The Hall–Kier alpha value is -2.33. The molecule has 2 aromatic rings. The van der Waals surface area contributed by atoms with Crippen LogP contribution in [-0.4, -0.2) is 22.5 Å². The molecular formula is C18H20N2O2. The highest BCUT2D eigenvalue weighted by Gasteiger charge is 2.24. The molecule has 4 nitrogen and oxygen atoms in total. The Bertz CT molecular complexity index is 670. The zero-order valence-electron chi connectivity index (χ0n) is 12.4. The van der Waals surface area contributed by atoms with Crippen LogP contribution in [0.25, 0.3) is 0 Å². The molecule has 0 aliphatic carbocycles. The minimum Gasteiger partial charge on any atom is -0.508 e. The van der Waals surface area contributed by atoms with Gasteiger partial charge < -0.3 is 15.7 Å². The number of hydrogen-bond donors (Lipinski definition) is 2. The van der Waals surface area contributed by atoms with Crippen molar-refractivity contribution < 1.29 is 9.90 Å². The van der Waals surface area contributed by atoms with E-state index in [-0.39, 0.29) is 24.1 Å². The zero-order chi connectivity index (χ0) is 15.5. The number of phenolic OH excluding ortho intramolecular Hbond substituents is 1. The molecule has 4 heteroatoms. The lowest BCUT2D eigenvalue weighted by Gasteiger charge is -2.30. The van der Waals surface area contributed by atoms with Gasteiger partial charge in [0.05, 0.1) is 0 Å². The minimum absolute atomic E-state index is 0.0326. The molecule has 0 saturated heterocycles. The Morgan fingerprint density at radius 1 is 1.18 bits per heavy atom. The standard InChI is InChI=1S/C18H20N2O2/c19-16(14-5-2-1-3-6-14)11-18(22)20-10-9-13-7-4-8-17(21)15(13)12-20/h1-8,16,21H,9-12,19H2. The predicted molar refractivity (Wildman–Crippen MR) is 85.2 cm³/mol. The van der Waals surface area contributed by atoms with E-state index in [1.807, 2.05) is 42.5 Å². The number of nitrogens with two attached hydrogens (primary N) is 1. The lowest BCUT2D eigenvalue weighted by Crippen LogP contribution is -2.37. The van der Waals surface area contributed by atoms with E-state index in [4.69, 9.17) is 5.73 Å². The predicted octanol–water partition coefficient (Wildman–Crippen LogP) is 2.37. The Labute approximate surface area is 130 Å². The molecule has 1 unspecified atom stereocenters. The Balaban J connectivity index is 1.68. The monoisotopic (exact) mass is 296 g/mol. The quantitative estimate of drug-likeness (QED) is 0.914. The van der Waals surface area contributed by atoms with Crippen molar-refractivity contribution in [1.29, 1.82) is 0 Å². The molecule has 22 heavy (non-hydrogen) atoms. The van der Waals surface area contributed by atoms with Crippen molar-refractivity contribution in [3.05, 3.63) is 65.2 Å². The van der Waals surface area contributed by atoms with E-state index in [1.165, 1.54) is 0 Å². The maximum Gasteiger partial charge on any atom is 0.224 e. The summed E-state index contributed by atoms with van der Waals surface area (Å²) in [5, 5.41) is 9.95. The first kappa shape index (κ1) is 14.6. The van der Waals surface area contributed by atoms with E-state index in [9.17, 15) is 9.90 Å². The van der Waals surface area contributed by atoms with Crippen molar-refractivity contribution in [3.63, 3.8) is 0 Å². The first-order chi connectivity index (χ1) is 10.6. The van der Waals surface area contributed by atoms with Crippen molar-refractivity contribution in [2.45, 2.75) is 25.4 Å². The van der Waals surface area contributed by atoms with Crippen molar-refractivity contribution in [1.82, 2.24) is 4.90 Å². The first-order valence-electron chi connectivity index (χ1n) is 7.53. The lowest BCUT2D eigenvalue weighted by atomic mass is 9.97. The lowest BCUT2D eigenvalue weighted by molar-refractivity contribution is -0.132. The van der Waals surface area contributed by atoms with Crippen LogP contribution in [0.3, 0.4) is 0 Å². The van der Waals surface area contributed by atoms with Crippen molar-refractivity contribution in [2.75, 3.05) is 6.54 Å². The molecule has 1 aliphatic heterocycles. The van der Waals surface area contributed by atoms with Gasteiger partial charge in [-0.1, -0.05) is 42.5 Å². The molecule has 3 rings (SSSR count). The van der Waals surface area contributed by atoms with E-state index in [2.05, 4.69) is 0 Å². The largest absolute Gasteiger partial charge is 0.508 e. The summed E-state index contributed by atoms with van der Waals surface area (Å²) in [5.41, 5.74) is 9.08. The molecule has 0 radical (unpaired) electrons. The Morgan fingerprint density at radius 3 is 2.73 bits per heavy atom. The fraction of sp³-hybridized carbons (Fsp3) is 0.278. The molecule has 0 saturated carbocycles. The van der Waals surface area contributed by atoms with E-state index >= 15 is 0 Å². The molecular weight excluding hydrogens is 276 g/mol. The van der Waals surface area contributed by atoms with Gasteiger partial charge in [0.15, 0.2) is 0 Å². The Morgan fingerprint density at radius 2 is 1.95 bits per heavy atom. The number of phenols is 1. The number of aromatic hydroxyl groups is 1. The molecule has 114 valence electrons. The fourth-order valence-electron chi connectivity index (χ4n) is 2.91. The number of rotatable bonds is 3. The smallest absolute Gasteiger partial charge is 0.224 e. The van der Waals surface area contributed by atoms with Crippen LogP contribution in [0, 0.1) is 0 Å². The summed E-state index contributed by atoms with van der Waals surface area (Å²) < 4.78 is 0. The van der Waals surface area contributed by atoms with Gasteiger partial charge in [0.1, 0.15) is 5.75 Å². The van der Waals surface area contributed by atoms with Crippen molar-refractivity contribution in [3.8, 4) is 5.75 Å². The summed E-state index contributed by atoms with van der Waals surface area (Å²) in [6.45, 7) is 1.14. The molecule has 0 bridgehead atoms. The van der Waals surface area contributed by atoms with Crippen LogP contribution in [0.15, 0.2) is 48.5 Å². The summed E-state index contributed by atoms with van der Waals surface area (Å²) in [5.74, 6) is 0.299. The highest BCUT2D eigenvalue weighted by atomic mass is 16.3. The van der Waals surface area contributed by atoms with E-state index in [0.717, 1.165) is 23.1 Å². The van der Waals surface area contributed by atoms with Gasteiger partial charge in [-0.05, 0) is 23.6 Å². The number of hydrogen-bond acceptors (Lipinski definition) is 3. The molecule has 3 N–H and O–H groups in total.